The molecule has 5 heteroatoms. The Morgan fingerprint density at radius 2 is 2.30 bits per heavy atom. The number of piperidine rings is 1. The molecule has 2 atom stereocenters. The highest BCUT2D eigenvalue weighted by Crippen LogP contribution is 2.17. The summed E-state index contributed by atoms with van der Waals surface area (Å²) in [4.78, 5) is 13.4. The number of likely N-dealkylation sites (tertiary alicyclic amines) is 1. The van der Waals surface area contributed by atoms with Crippen molar-refractivity contribution in [3.05, 3.63) is 35.1 Å². The fourth-order valence-corrected chi connectivity index (χ4v) is 2.59. The van der Waals surface area contributed by atoms with Gasteiger partial charge in [0.2, 0.25) is 5.91 Å². The van der Waals surface area contributed by atoms with E-state index in [0.717, 1.165) is 19.4 Å². The van der Waals surface area contributed by atoms with Crippen LogP contribution in [0, 0.1) is 5.82 Å². The maximum Gasteiger partial charge on any atom is 0.248 e. The van der Waals surface area contributed by atoms with E-state index in [1.165, 1.54) is 18.2 Å². The molecule has 2 unspecified atom stereocenters. The van der Waals surface area contributed by atoms with Crippen molar-refractivity contribution in [3.8, 4) is 0 Å². The molecule has 1 aliphatic heterocycles. The van der Waals surface area contributed by atoms with E-state index < -0.39 is 5.91 Å². The minimum absolute atomic E-state index is 0.302. The molecule has 1 aliphatic rings. The van der Waals surface area contributed by atoms with Crippen LogP contribution in [0.3, 0.4) is 0 Å². The average molecular weight is 279 g/mol. The maximum atomic E-state index is 13.7. The van der Waals surface area contributed by atoms with Crippen molar-refractivity contribution in [1.29, 1.82) is 0 Å². The van der Waals surface area contributed by atoms with Gasteiger partial charge in [-0.15, -0.1) is 0 Å². The molecule has 0 aromatic heterocycles. The smallest absolute Gasteiger partial charge is 0.248 e. The number of carbonyl (C=O) groups is 1. The fourth-order valence-electron chi connectivity index (χ4n) is 2.59. The van der Waals surface area contributed by atoms with E-state index in [1.807, 2.05) is 0 Å². The number of halogens is 1. The van der Waals surface area contributed by atoms with Crippen molar-refractivity contribution in [2.45, 2.75) is 38.4 Å². The number of hydrogen-bond acceptors (Lipinski definition) is 3. The summed E-state index contributed by atoms with van der Waals surface area (Å²) in [6.45, 7) is 3.67. The fraction of sp³-hybridized carbons (Fsp3) is 0.533. The van der Waals surface area contributed by atoms with Crippen LogP contribution in [0.4, 0.5) is 4.39 Å². The first-order chi connectivity index (χ1) is 9.47. The molecule has 110 valence electrons. The van der Waals surface area contributed by atoms with Crippen LogP contribution >= 0.6 is 0 Å². The summed E-state index contributed by atoms with van der Waals surface area (Å²) in [6.07, 6.45) is 2.10. The van der Waals surface area contributed by atoms with Crippen LogP contribution in [0.2, 0.25) is 0 Å². The Kier molecular flexibility index (Phi) is 4.73. The second-order valence-electron chi connectivity index (χ2n) is 5.60. The van der Waals surface area contributed by atoms with Gasteiger partial charge >= 0.3 is 0 Å². The zero-order chi connectivity index (χ0) is 14.7. The number of benzene rings is 1. The van der Waals surface area contributed by atoms with Gasteiger partial charge < -0.3 is 16.0 Å². The van der Waals surface area contributed by atoms with Gasteiger partial charge in [0.25, 0.3) is 0 Å². The third-order valence-electron chi connectivity index (χ3n) is 4.12. The van der Waals surface area contributed by atoms with Crippen LogP contribution in [0.5, 0.6) is 0 Å². The molecule has 0 spiro atoms. The minimum Gasteiger partial charge on any atom is -0.366 e. The minimum atomic E-state index is -0.529. The third kappa shape index (κ3) is 3.55. The van der Waals surface area contributed by atoms with Gasteiger partial charge in [-0.05, 0) is 51.6 Å². The average Bonchev–Trinajstić information content (AvgIpc) is 2.41. The lowest BCUT2D eigenvalue weighted by atomic mass is 9.98. The van der Waals surface area contributed by atoms with Gasteiger partial charge in [0.1, 0.15) is 5.82 Å². The predicted molar refractivity (Wildman–Crippen MR) is 76.9 cm³/mol. The molecule has 1 fully saturated rings. The lowest BCUT2D eigenvalue weighted by molar-refractivity contribution is 0.1000. The van der Waals surface area contributed by atoms with E-state index in [0.29, 0.717) is 29.8 Å². The van der Waals surface area contributed by atoms with Crippen molar-refractivity contribution in [2.75, 3.05) is 13.6 Å². The van der Waals surface area contributed by atoms with Gasteiger partial charge in [0.05, 0.1) is 0 Å². The summed E-state index contributed by atoms with van der Waals surface area (Å²) in [7, 11) is 2.12. The Bertz CT molecular complexity index is 492. The van der Waals surface area contributed by atoms with E-state index in [2.05, 4.69) is 24.2 Å². The van der Waals surface area contributed by atoms with Crippen LogP contribution in [-0.4, -0.2) is 36.5 Å². The number of nitrogens with zero attached hydrogens (tertiary/aromatic N) is 1. The summed E-state index contributed by atoms with van der Waals surface area (Å²) < 4.78 is 13.7. The zero-order valence-electron chi connectivity index (χ0n) is 12.0. The molecule has 0 bridgehead atoms. The van der Waals surface area contributed by atoms with Gasteiger partial charge in [0, 0.05) is 29.8 Å². The van der Waals surface area contributed by atoms with Crippen molar-refractivity contribution < 1.29 is 9.18 Å². The number of primary amides is 1. The molecular weight excluding hydrogens is 257 g/mol. The van der Waals surface area contributed by atoms with Crippen LogP contribution in [0.25, 0.3) is 0 Å². The lowest BCUT2D eigenvalue weighted by Crippen LogP contribution is -2.45. The van der Waals surface area contributed by atoms with Gasteiger partial charge in [-0.3, -0.25) is 4.79 Å². The highest BCUT2D eigenvalue weighted by atomic mass is 19.1. The molecule has 0 saturated carbocycles. The molecular formula is C15H22FN3O. The van der Waals surface area contributed by atoms with Crippen molar-refractivity contribution >= 4 is 5.91 Å². The van der Waals surface area contributed by atoms with Gasteiger partial charge in [-0.2, -0.15) is 0 Å². The van der Waals surface area contributed by atoms with E-state index in [1.54, 1.807) is 0 Å². The summed E-state index contributed by atoms with van der Waals surface area (Å²) in [5.41, 5.74) is 6.06. The van der Waals surface area contributed by atoms with E-state index in [9.17, 15) is 9.18 Å². The Morgan fingerprint density at radius 1 is 1.55 bits per heavy atom. The monoisotopic (exact) mass is 279 g/mol. The van der Waals surface area contributed by atoms with Crippen molar-refractivity contribution in [3.63, 3.8) is 0 Å². The van der Waals surface area contributed by atoms with Crippen molar-refractivity contribution in [1.82, 2.24) is 10.2 Å². The molecule has 1 aromatic rings. The summed E-state index contributed by atoms with van der Waals surface area (Å²) in [5, 5.41) is 3.38. The Labute approximate surface area is 119 Å². The molecule has 4 nitrogen and oxygen atoms in total. The third-order valence-corrected chi connectivity index (χ3v) is 4.12. The van der Waals surface area contributed by atoms with Crippen LogP contribution in [-0.2, 0) is 6.54 Å². The molecule has 1 saturated heterocycles. The predicted octanol–water partition coefficient (Wildman–Crippen LogP) is 1.50. The molecule has 3 N–H and O–H groups in total. The topological polar surface area (TPSA) is 58.4 Å². The lowest BCUT2D eigenvalue weighted by Gasteiger charge is -2.35. The molecule has 0 aliphatic carbocycles. The first-order valence-electron chi connectivity index (χ1n) is 6.99. The number of nitrogens with two attached hydrogens (primary N) is 1. The SMILES string of the molecule is CC1CC(NCc2cc(C(N)=O)ccc2F)CCN1C. The highest BCUT2D eigenvalue weighted by molar-refractivity contribution is 5.92. The van der Waals surface area contributed by atoms with Gasteiger partial charge in [-0.1, -0.05) is 0 Å². The van der Waals surface area contributed by atoms with Crippen LogP contribution in [0.15, 0.2) is 18.2 Å². The summed E-state index contributed by atoms with van der Waals surface area (Å²) in [5.74, 6) is -0.831. The Balaban J connectivity index is 1.97. The molecule has 1 amide bonds. The second-order valence-corrected chi connectivity index (χ2v) is 5.60. The second kappa shape index (κ2) is 6.33. The molecule has 20 heavy (non-hydrogen) atoms. The first kappa shape index (κ1) is 14.9. The Morgan fingerprint density at radius 3 is 2.95 bits per heavy atom. The number of hydrogen-bond donors (Lipinski definition) is 2. The Hall–Kier alpha value is -1.46. The number of rotatable bonds is 4. The van der Waals surface area contributed by atoms with E-state index in [-0.39, 0.29) is 5.82 Å². The quantitative estimate of drug-likeness (QED) is 0.878. The molecule has 2 rings (SSSR count). The largest absolute Gasteiger partial charge is 0.366 e. The van der Waals surface area contributed by atoms with Crippen LogP contribution in [0.1, 0.15) is 35.7 Å². The number of nitrogens with one attached hydrogen (secondary N) is 1. The highest BCUT2D eigenvalue weighted by Gasteiger charge is 2.22. The van der Waals surface area contributed by atoms with Crippen LogP contribution < -0.4 is 11.1 Å². The van der Waals surface area contributed by atoms with Gasteiger partial charge in [-0.25, -0.2) is 4.39 Å². The normalized spacial score (nSPS) is 23.8. The molecule has 1 heterocycles. The molecule has 0 radical (unpaired) electrons. The maximum absolute atomic E-state index is 13.7. The van der Waals surface area contributed by atoms with Gasteiger partial charge in [0.15, 0.2) is 0 Å². The summed E-state index contributed by atoms with van der Waals surface area (Å²) in [6, 6.07) is 5.16. The summed E-state index contributed by atoms with van der Waals surface area (Å²) >= 11 is 0. The number of amides is 1. The molecule has 1 aromatic carbocycles. The standard InChI is InChI=1S/C15H22FN3O/c1-10-7-13(5-6-19(10)2)18-9-12-8-11(15(17)20)3-4-14(12)16/h3-4,8,10,13,18H,5-7,9H2,1-2H3,(H2,17,20). The van der Waals surface area contributed by atoms with E-state index >= 15 is 0 Å². The van der Waals surface area contributed by atoms with E-state index in [4.69, 9.17) is 5.73 Å². The van der Waals surface area contributed by atoms with Crippen molar-refractivity contribution in [2.24, 2.45) is 5.73 Å². The first-order valence-corrected chi connectivity index (χ1v) is 6.99. The zero-order valence-corrected chi connectivity index (χ0v) is 12.0. The number of carbonyl (C=O) groups excluding carboxylic acids is 1.